The van der Waals surface area contributed by atoms with Gasteiger partial charge in [0.15, 0.2) is 0 Å². The van der Waals surface area contributed by atoms with Crippen molar-refractivity contribution >= 4 is 11.8 Å². The summed E-state index contributed by atoms with van der Waals surface area (Å²) in [6, 6.07) is 9.83. The van der Waals surface area contributed by atoms with Crippen LogP contribution in [0.5, 0.6) is 0 Å². The maximum Gasteiger partial charge on any atom is 0.256 e. The first-order chi connectivity index (χ1) is 12.3. The number of nitrogens with zero attached hydrogens (tertiary/aromatic N) is 1. The molecule has 1 atom stereocenters. The summed E-state index contributed by atoms with van der Waals surface area (Å²) < 4.78 is 5.40. The largest absolute Gasteiger partial charge is 0.379 e. The highest BCUT2D eigenvalue weighted by Crippen LogP contribution is 2.24. The van der Waals surface area contributed by atoms with Gasteiger partial charge in [-0.25, -0.2) is 9.78 Å². The van der Waals surface area contributed by atoms with Gasteiger partial charge in [-0.2, -0.15) is 0 Å². The maximum absolute atomic E-state index is 11.8. The second-order valence-electron chi connectivity index (χ2n) is 6.87. The van der Waals surface area contributed by atoms with Crippen molar-refractivity contribution in [2.24, 2.45) is 0 Å². The van der Waals surface area contributed by atoms with Crippen LogP contribution in [0, 0.1) is 0 Å². The van der Waals surface area contributed by atoms with Crippen molar-refractivity contribution in [2.75, 3.05) is 20.3 Å². The molecule has 1 aromatic carbocycles. The minimum absolute atomic E-state index is 0.177. The first kappa shape index (κ1) is 20.3. The summed E-state index contributed by atoms with van der Waals surface area (Å²) in [5.41, 5.74) is 0.929. The molecule has 1 aliphatic rings. The SMILES string of the molecule is COC(CCCN1C(=O)C=C(C)C1=O)COOC(C)(C)c1ccccc1. The molecule has 142 valence electrons. The minimum atomic E-state index is -0.572. The fourth-order valence-corrected chi connectivity index (χ4v) is 2.74. The van der Waals surface area contributed by atoms with E-state index in [-0.39, 0.29) is 24.5 Å². The molecule has 2 amide bonds. The Hall–Kier alpha value is -2.02. The van der Waals surface area contributed by atoms with E-state index >= 15 is 0 Å². The normalized spacial score (nSPS) is 16.2. The van der Waals surface area contributed by atoms with Crippen LogP contribution in [-0.2, 0) is 29.7 Å². The summed E-state index contributed by atoms with van der Waals surface area (Å²) in [6.45, 7) is 6.17. The Labute approximate surface area is 154 Å². The molecule has 0 saturated carbocycles. The maximum atomic E-state index is 11.8. The van der Waals surface area contributed by atoms with Crippen LogP contribution in [0.15, 0.2) is 42.0 Å². The molecule has 0 saturated heterocycles. The molecule has 0 bridgehead atoms. The van der Waals surface area contributed by atoms with E-state index in [1.165, 1.54) is 11.0 Å². The Balaban J connectivity index is 1.73. The molecule has 1 aliphatic heterocycles. The van der Waals surface area contributed by atoms with Gasteiger partial charge in [0.25, 0.3) is 11.8 Å². The van der Waals surface area contributed by atoms with Crippen molar-refractivity contribution in [2.45, 2.75) is 45.3 Å². The molecule has 0 fully saturated rings. The number of carbonyl (C=O) groups is 2. The Morgan fingerprint density at radius 2 is 1.85 bits per heavy atom. The van der Waals surface area contributed by atoms with E-state index in [0.29, 0.717) is 25.0 Å². The molecule has 1 heterocycles. The predicted octanol–water partition coefficient (Wildman–Crippen LogP) is 2.98. The van der Waals surface area contributed by atoms with Crippen LogP contribution in [-0.4, -0.2) is 43.1 Å². The molecular formula is C20H27NO5. The van der Waals surface area contributed by atoms with Gasteiger partial charge in [-0.15, -0.1) is 0 Å². The molecule has 0 radical (unpaired) electrons. The van der Waals surface area contributed by atoms with Gasteiger partial charge in [0.2, 0.25) is 0 Å². The number of carbonyl (C=O) groups excluding carboxylic acids is 2. The molecule has 6 heteroatoms. The third-order valence-electron chi connectivity index (χ3n) is 4.42. The highest BCUT2D eigenvalue weighted by molar-refractivity contribution is 6.15. The van der Waals surface area contributed by atoms with Gasteiger partial charge >= 0.3 is 0 Å². The van der Waals surface area contributed by atoms with Crippen molar-refractivity contribution < 1.29 is 24.1 Å². The number of ether oxygens (including phenoxy) is 1. The summed E-state index contributed by atoms with van der Waals surface area (Å²) in [7, 11) is 1.61. The second kappa shape index (κ2) is 9.07. The molecule has 26 heavy (non-hydrogen) atoms. The number of hydrogen-bond donors (Lipinski definition) is 0. The number of rotatable bonds is 10. The molecule has 1 unspecified atom stereocenters. The fraction of sp³-hybridized carbons (Fsp3) is 0.500. The van der Waals surface area contributed by atoms with Crippen LogP contribution in [0.25, 0.3) is 0 Å². The Bertz CT molecular complexity index is 653. The molecule has 0 aliphatic carbocycles. The highest BCUT2D eigenvalue weighted by atomic mass is 17.2. The molecule has 6 nitrogen and oxygen atoms in total. The lowest BCUT2D eigenvalue weighted by molar-refractivity contribution is -0.366. The average molecular weight is 361 g/mol. The van der Waals surface area contributed by atoms with Crippen molar-refractivity contribution in [1.29, 1.82) is 0 Å². The van der Waals surface area contributed by atoms with Crippen LogP contribution >= 0.6 is 0 Å². The van der Waals surface area contributed by atoms with Crippen molar-refractivity contribution in [3.8, 4) is 0 Å². The zero-order valence-corrected chi connectivity index (χ0v) is 15.9. The number of hydrogen-bond acceptors (Lipinski definition) is 5. The number of benzene rings is 1. The van der Waals surface area contributed by atoms with E-state index in [2.05, 4.69) is 0 Å². The van der Waals surface area contributed by atoms with E-state index in [1.54, 1.807) is 14.0 Å². The van der Waals surface area contributed by atoms with E-state index in [1.807, 2.05) is 44.2 Å². The molecule has 1 aromatic rings. The van der Waals surface area contributed by atoms with Crippen LogP contribution in [0.1, 0.15) is 39.2 Å². The van der Waals surface area contributed by atoms with E-state index in [9.17, 15) is 9.59 Å². The lowest BCUT2D eigenvalue weighted by atomic mass is 9.99. The molecule has 0 spiro atoms. The van der Waals surface area contributed by atoms with Gasteiger partial charge in [-0.05, 0) is 39.2 Å². The predicted molar refractivity (Wildman–Crippen MR) is 97.0 cm³/mol. The van der Waals surface area contributed by atoms with Crippen molar-refractivity contribution in [3.05, 3.63) is 47.5 Å². The third-order valence-corrected chi connectivity index (χ3v) is 4.42. The van der Waals surface area contributed by atoms with Gasteiger partial charge in [-0.1, -0.05) is 30.3 Å². The smallest absolute Gasteiger partial charge is 0.256 e. The fourth-order valence-electron chi connectivity index (χ4n) is 2.74. The monoisotopic (exact) mass is 361 g/mol. The second-order valence-corrected chi connectivity index (χ2v) is 6.87. The van der Waals surface area contributed by atoms with Gasteiger partial charge < -0.3 is 4.74 Å². The van der Waals surface area contributed by atoms with Gasteiger partial charge in [0.1, 0.15) is 12.2 Å². The van der Waals surface area contributed by atoms with Gasteiger partial charge in [0, 0.05) is 25.3 Å². The highest BCUT2D eigenvalue weighted by Gasteiger charge is 2.28. The average Bonchev–Trinajstić information content (AvgIpc) is 2.87. The summed E-state index contributed by atoms with van der Waals surface area (Å²) >= 11 is 0. The number of methoxy groups -OCH3 is 1. The molecule has 0 aromatic heterocycles. The summed E-state index contributed by atoms with van der Waals surface area (Å²) in [5, 5.41) is 0. The van der Waals surface area contributed by atoms with E-state index in [4.69, 9.17) is 14.5 Å². The number of amides is 2. The first-order valence-corrected chi connectivity index (χ1v) is 8.78. The summed E-state index contributed by atoms with van der Waals surface area (Å²) in [6.07, 6.45) is 2.49. The minimum Gasteiger partial charge on any atom is -0.379 e. The van der Waals surface area contributed by atoms with E-state index in [0.717, 1.165) is 5.56 Å². The van der Waals surface area contributed by atoms with Crippen molar-refractivity contribution in [3.63, 3.8) is 0 Å². The molecule has 0 N–H and O–H groups in total. The summed E-state index contributed by atoms with van der Waals surface area (Å²) in [4.78, 5) is 35.8. The Morgan fingerprint density at radius 1 is 1.15 bits per heavy atom. The van der Waals surface area contributed by atoms with Crippen LogP contribution in [0.4, 0.5) is 0 Å². The number of imide groups is 1. The Kier molecular flexibility index (Phi) is 7.08. The summed E-state index contributed by atoms with van der Waals surface area (Å²) in [5.74, 6) is -0.459. The van der Waals surface area contributed by atoms with E-state index < -0.39 is 5.60 Å². The zero-order valence-electron chi connectivity index (χ0n) is 15.9. The van der Waals surface area contributed by atoms with Crippen LogP contribution in [0.2, 0.25) is 0 Å². The zero-order chi connectivity index (χ0) is 19.2. The first-order valence-electron chi connectivity index (χ1n) is 8.78. The lowest BCUT2D eigenvalue weighted by Gasteiger charge is -2.25. The Morgan fingerprint density at radius 3 is 2.42 bits per heavy atom. The van der Waals surface area contributed by atoms with Crippen molar-refractivity contribution in [1.82, 2.24) is 4.90 Å². The third kappa shape index (κ3) is 5.24. The molecule has 2 rings (SSSR count). The standard InChI is InChI=1S/C20H27NO5/c1-15-13-18(22)21(19(15)23)12-8-11-17(24-4)14-25-26-20(2,3)16-9-6-5-7-10-16/h5-7,9-10,13,17H,8,11-12,14H2,1-4H3. The van der Waals surface area contributed by atoms with Crippen LogP contribution in [0.3, 0.4) is 0 Å². The lowest BCUT2D eigenvalue weighted by Crippen LogP contribution is -2.32. The molecular weight excluding hydrogens is 334 g/mol. The van der Waals surface area contributed by atoms with Gasteiger partial charge in [-0.3, -0.25) is 14.5 Å². The topological polar surface area (TPSA) is 65.1 Å². The van der Waals surface area contributed by atoms with Crippen LogP contribution < -0.4 is 0 Å². The van der Waals surface area contributed by atoms with Gasteiger partial charge in [0.05, 0.1) is 6.10 Å². The quantitative estimate of drug-likeness (QED) is 0.364.